The molecule has 2 aliphatic rings. The molecule has 2 saturated heterocycles. The third-order valence-corrected chi connectivity index (χ3v) is 5.85. The SMILES string of the molecule is Cn1nnc2c(N3CCN(C(=O)[C@H]4CC(=O)N(c5cccc(F)c5)C4)CC3)ncnc21. The van der Waals surface area contributed by atoms with Gasteiger partial charge in [0.15, 0.2) is 17.0 Å². The van der Waals surface area contributed by atoms with Crippen LogP contribution in [0.4, 0.5) is 15.9 Å². The molecule has 2 amide bonds. The third kappa shape index (κ3) is 3.45. The van der Waals surface area contributed by atoms with Gasteiger partial charge in [-0.2, -0.15) is 0 Å². The summed E-state index contributed by atoms with van der Waals surface area (Å²) in [7, 11) is 1.78. The number of nitrogens with zero attached hydrogens (tertiary/aromatic N) is 8. The van der Waals surface area contributed by atoms with E-state index in [-0.39, 0.29) is 24.8 Å². The summed E-state index contributed by atoms with van der Waals surface area (Å²) in [6.07, 6.45) is 1.63. The number of anilines is 2. The summed E-state index contributed by atoms with van der Waals surface area (Å²) in [5, 5.41) is 8.16. The Balaban J connectivity index is 1.25. The minimum Gasteiger partial charge on any atom is -0.351 e. The average molecular weight is 424 g/mol. The first-order valence-corrected chi connectivity index (χ1v) is 10.1. The van der Waals surface area contributed by atoms with Crippen LogP contribution in [-0.4, -0.2) is 74.4 Å². The molecule has 2 fully saturated rings. The Hall–Kier alpha value is -3.63. The normalized spacial score (nSPS) is 19.5. The van der Waals surface area contributed by atoms with E-state index in [2.05, 4.69) is 25.2 Å². The molecule has 5 rings (SSSR count). The molecule has 4 heterocycles. The number of aryl methyl sites for hydroxylation is 1. The van der Waals surface area contributed by atoms with Crippen LogP contribution in [0.5, 0.6) is 0 Å². The fourth-order valence-corrected chi connectivity index (χ4v) is 4.24. The summed E-state index contributed by atoms with van der Waals surface area (Å²) in [5.74, 6) is -0.322. The van der Waals surface area contributed by atoms with Gasteiger partial charge in [-0.1, -0.05) is 11.3 Å². The Labute approximate surface area is 177 Å². The fraction of sp³-hybridized carbons (Fsp3) is 0.400. The Morgan fingerprint density at radius 2 is 1.97 bits per heavy atom. The molecule has 0 bridgehead atoms. The molecule has 0 aliphatic carbocycles. The van der Waals surface area contributed by atoms with Gasteiger partial charge < -0.3 is 14.7 Å². The number of carbonyl (C=O) groups excluding carboxylic acids is 2. The zero-order valence-corrected chi connectivity index (χ0v) is 17.0. The summed E-state index contributed by atoms with van der Waals surface area (Å²) in [5.41, 5.74) is 1.78. The number of aromatic nitrogens is 5. The van der Waals surface area contributed by atoms with Gasteiger partial charge in [-0.15, -0.1) is 5.10 Å². The molecule has 0 saturated carbocycles. The second-order valence-corrected chi connectivity index (χ2v) is 7.78. The summed E-state index contributed by atoms with van der Waals surface area (Å²) in [6, 6.07) is 5.89. The van der Waals surface area contributed by atoms with Crippen molar-refractivity contribution in [3.05, 3.63) is 36.4 Å². The number of carbonyl (C=O) groups is 2. The van der Waals surface area contributed by atoms with Gasteiger partial charge in [-0.25, -0.2) is 19.0 Å². The van der Waals surface area contributed by atoms with Gasteiger partial charge in [-0.3, -0.25) is 9.59 Å². The maximum absolute atomic E-state index is 13.5. The van der Waals surface area contributed by atoms with E-state index in [1.807, 2.05) is 0 Å². The van der Waals surface area contributed by atoms with Crippen LogP contribution in [0.25, 0.3) is 11.2 Å². The van der Waals surface area contributed by atoms with Crippen LogP contribution in [0.2, 0.25) is 0 Å². The number of piperazine rings is 1. The highest BCUT2D eigenvalue weighted by Crippen LogP contribution is 2.28. The zero-order chi connectivity index (χ0) is 21.5. The molecule has 160 valence electrons. The molecule has 0 N–H and O–H groups in total. The fourth-order valence-electron chi connectivity index (χ4n) is 4.24. The molecule has 1 aromatic carbocycles. The van der Waals surface area contributed by atoms with E-state index in [0.29, 0.717) is 48.8 Å². The summed E-state index contributed by atoms with van der Waals surface area (Å²) >= 11 is 0. The first-order chi connectivity index (χ1) is 15.0. The molecule has 31 heavy (non-hydrogen) atoms. The lowest BCUT2D eigenvalue weighted by molar-refractivity contribution is -0.136. The lowest BCUT2D eigenvalue weighted by atomic mass is 10.1. The van der Waals surface area contributed by atoms with Gasteiger partial charge >= 0.3 is 0 Å². The molecule has 2 aliphatic heterocycles. The van der Waals surface area contributed by atoms with Crippen LogP contribution in [-0.2, 0) is 16.6 Å². The van der Waals surface area contributed by atoms with E-state index in [4.69, 9.17) is 0 Å². The number of hydrogen-bond acceptors (Lipinski definition) is 7. The molecule has 11 heteroatoms. The van der Waals surface area contributed by atoms with Crippen LogP contribution in [0.1, 0.15) is 6.42 Å². The predicted molar refractivity (Wildman–Crippen MR) is 110 cm³/mol. The minimum atomic E-state index is -0.423. The largest absolute Gasteiger partial charge is 0.351 e. The van der Waals surface area contributed by atoms with Crippen molar-refractivity contribution in [3.63, 3.8) is 0 Å². The maximum atomic E-state index is 13.5. The van der Waals surface area contributed by atoms with Gasteiger partial charge in [0.2, 0.25) is 11.8 Å². The van der Waals surface area contributed by atoms with Crippen molar-refractivity contribution in [2.24, 2.45) is 13.0 Å². The zero-order valence-electron chi connectivity index (χ0n) is 17.0. The van der Waals surface area contributed by atoms with E-state index in [1.165, 1.54) is 23.4 Å². The lowest BCUT2D eigenvalue weighted by Crippen LogP contribution is -2.51. The number of rotatable bonds is 3. The number of fused-ring (bicyclic) bond motifs is 1. The summed E-state index contributed by atoms with van der Waals surface area (Å²) in [4.78, 5) is 39.4. The monoisotopic (exact) mass is 424 g/mol. The van der Waals surface area contributed by atoms with Crippen molar-refractivity contribution < 1.29 is 14.0 Å². The predicted octanol–water partition coefficient (Wildman–Crippen LogP) is 0.599. The Morgan fingerprint density at radius 1 is 1.16 bits per heavy atom. The van der Waals surface area contributed by atoms with Gasteiger partial charge in [0.1, 0.15) is 12.1 Å². The number of amides is 2. The highest BCUT2D eigenvalue weighted by molar-refractivity contribution is 6.00. The molecule has 1 atom stereocenters. The maximum Gasteiger partial charge on any atom is 0.228 e. The van der Waals surface area contributed by atoms with Gasteiger partial charge in [-0.05, 0) is 18.2 Å². The standard InChI is InChI=1S/C20H21FN8O2/c1-26-18-17(24-25-26)19(23-12-22-18)27-5-7-28(8-6-27)20(31)13-9-16(30)29(11-13)15-4-2-3-14(21)10-15/h2-4,10,12-13H,5-9,11H2,1H3/t13-/m0/s1. The minimum absolute atomic E-state index is 0.0424. The molecular formula is C20H21FN8O2. The van der Waals surface area contributed by atoms with Crippen molar-refractivity contribution in [2.45, 2.75) is 6.42 Å². The summed E-state index contributed by atoms with van der Waals surface area (Å²) in [6.45, 7) is 2.52. The molecule has 2 aromatic heterocycles. The Morgan fingerprint density at radius 3 is 2.74 bits per heavy atom. The Bertz CT molecular complexity index is 1160. The van der Waals surface area contributed by atoms with Crippen molar-refractivity contribution in [1.82, 2.24) is 29.9 Å². The third-order valence-electron chi connectivity index (χ3n) is 5.85. The Kier molecular flexibility index (Phi) is 4.72. The van der Waals surface area contributed by atoms with E-state index < -0.39 is 11.7 Å². The molecular weight excluding hydrogens is 403 g/mol. The highest BCUT2D eigenvalue weighted by atomic mass is 19.1. The quantitative estimate of drug-likeness (QED) is 0.607. The van der Waals surface area contributed by atoms with Gasteiger partial charge in [0.05, 0.1) is 5.92 Å². The second-order valence-electron chi connectivity index (χ2n) is 7.78. The van der Waals surface area contributed by atoms with Crippen LogP contribution < -0.4 is 9.80 Å². The smallest absolute Gasteiger partial charge is 0.228 e. The highest BCUT2D eigenvalue weighted by Gasteiger charge is 2.38. The van der Waals surface area contributed by atoms with Crippen LogP contribution in [0.3, 0.4) is 0 Å². The van der Waals surface area contributed by atoms with E-state index in [0.717, 1.165) is 0 Å². The molecule has 10 nitrogen and oxygen atoms in total. The van der Waals surface area contributed by atoms with Crippen molar-refractivity contribution >= 4 is 34.5 Å². The van der Waals surface area contributed by atoms with Gasteiger partial charge in [0, 0.05) is 51.9 Å². The number of halogens is 1. The van der Waals surface area contributed by atoms with Crippen molar-refractivity contribution in [2.75, 3.05) is 42.5 Å². The molecule has 3 aromatic rings. The van der Waals surface area contributed by atoms with Crippen LogP contribution >= 0.6 is 0 Å². The topological polar surface area (TPSA) is 100 Å². The lowest BCUT2D eigenvalue weighted by Gasteiger charge is -2.36. The second kappa shape index (κ2) is 7.56. The first kappa shape index (κ1) is 19.3. The van der Waals surface area contributed by atoms with Gasteiger partial charge in [0.25, 0.3) is 0 Å². The molecule has 0 radical (unpaired) electrons. The summed E-state index contributed by atoms with van der Waals surface area (Å²) < 4.78 is 15.1. The van der Waals surface area contributed by atoms with Crippen LogP contribution in [0.15, 0.2) is 30.6 Å². The number of hydrogen-bond donors (Lipinski definition) is 0. The van der Waals surface area contributed by atoms with Crippen LogP contribution in [0, 0.1) is 11.7 Å². The van der Waals surface area contributed by atoms with Crippen molar-refractivity contribution in [3.8, 4) is 0 Å². The molecule has 0 spiro atoms. The van der Waals surface area contributed by atoms with E-state index in [1.54, 1.807) is 28.8 Å². The van der Waals surface area contributed by atoms with Crippen molar-refractivity contribution in [1.29, 1.82) is 0 Å². The molecule has 0 unspecified atom stereocenters. The number of benzene rings is 1. The van der Waals surface area contributed by atoms with E-state index >= 15 is 0 Å². The first-order valence-electron chi connectivity index (χ1n) is 10.1. The average Bonchev–Trinajstić information content (AvgIpc) is 3.36. The van der Waals surface area contributed by atoms with E-state index in [9.17, 15) is 14.0 Å².